The van der Waals surface area contributed by atoms with Crippen LogP contribution in [0.25, 0.3) is 0 Å². The van der Waals surface area contributed by atoms with E-state index in [0.717, 1.165) is 5.56 Å². The third kappa shape index (κ3) is 2.80. The van der Waals surface area contributed by atoms with Gasteiger partial charge in [-0.2, -0.15) is 0 Å². The van der Waals surface area contributed by atoms with Gasteiger partial charge >= 0.3 is 165 Å². The third-order valence-electron chi connectivity index (χ3n) is 3.45. The van der Waals surface area contributed by atoms with E-state index >= 15 is 0 Å². The fourth-order valence-electron chi connectivity index (χ4n) is 2.55. The molecule has 1 aliphatic heterocycles. The standard InChI is InChI=1S/C13H12Cl6N2P2/c1-11-7-9-13(10-8-11)21-22(14,15,16)20(23(21,17,18)19)12-5-3-2-4-6-12/h2-10H,1H3. The fraction of sp³-hybridized carbons (Fsp3) is 0.0769. The van der Waals surface area contributed by atoms with Gasteiger partial charge in [-0.1, -0.05) is 0 Å². The summed E-state index contributed by atoms with van der Waals surface area (Å²) in [5.41, 5.74) is 2.22. The monoisotopic (exact) mass is 468 g/mol. The van der Waals surface area contributed by atoms with Gasteiger partial charge in [0, 0.05) is 0 Å². The van der Waals surface area contributed by atoms with Crippen LogP contribution in [0.1, 0.15) is 5.56 Å². The SMILES string of the molecule is Cc1ccc(N2P(Cl)(Cl)(Cl)N(c3ccccc3)P2(Cl)(Cl)Cl)cc1. The molecule has 3 rings (SSSR count). The Balaban J connectivity index is 2.18. The van der Waals surface area contributed by atoms with Crippen LogP contribution in [0.15, 0.2) is 54.6 Å². The predicted molar refractivity (Wildman–Crippen MR) is 112 cm³/mol. The Labute approximate surface area is 164 Å². The van der Waals surface area contributed by atoms with Crippen LogP contribution in [0.2, 0.25) is 0 Å². The van der Waals surface area contributed by atoms with Crippen molar-refractivity contribution >= 4 is 88.7 Å². The average molecular weight is 471 g/mol. The van der Waals surface area contributed by atoms with Crippen LogP contribution in [-0.4, -0.2) is 0 Å². The van der Waals surface area contributed by atoms with Gasteiger partial charge in [0.1, 0.15) is 0 Å². The molecule has 2 nitrogen and oxygen atoms in total. The first-order valence-corrected chi connectivity index (χ1v) is 16.2. The maximum atomic E-state index is 6.67. The van der Waals surface area contributed by atoms with Crippen molar-refractivity contribution in [2.24, 2.45) is 0 Å². The number of benzene rings is 2. The zero-order valence-electron chi connectivity index (χ0n) is 11.8. The first-order chi connectivity index (χ1) is 10.4. The molecule has 2 aromatic rings. The van der Waals surface area contributed by atoms with E-state index in [9.17, 15) is 0 Å². The minimum absolute atomic E-state index is 0.575. The van der Waals surface area contributed by atoms with E-state index in [-0.39, 0.29) is 0 Å². The molecule has 0 aromatic heterocycles. The van der Waals surface area contributed by atoms with E-state index in [0.29, 0.717) is 11.4 Å². The molecule has 0 N–H and O–H groups in total. The summed E-state index contributed by atoms with van der Waals surface area (Å²) in [7, 11) is 0. The number of para-hydroxylation sites is 1. The first-order valence-electron chi connectivity index (χ1n) is 6.49. The number of hydrogen-bond donors (Lipinski definition) is 0. The summed E-state index contributed by atoms with van der Waals surface area (Å²) in [6.45, 7) is 1.96. The molecule has 0 atom stereocenters. The molecule has 1 aliphatic rings. The van der Waals surface area contributed by atoms with Crippen molar-refractivity contribution in [1.82, 2.24) is 0 Å². The van der Waals surface area contributed by atoms with Crippen LogP contribution < -0.4 is 8.88 Å². The summed E-state index contributed by atoms with van der Waals surface area (Å²) in [6, 6.07) is 16.3. The van der Waals surface area contributed by atoms with Crippen LogP contribution in [0.3, 0.4) is 0 Å². The van der Waals surface area contributed by atoms with Crippen molar-refractivity contribution in [3.63, 3.8) is 0 Å². The van der Waals surface area contributed by atoms with Gasteiger partial charge in [0.15, 0.2) is 0 Å². The summed E-state index contributed by atoms with van der Waals surface area (Å²) < 4.78 is 2.77. The Bertz CT molecular complexity index is 727. The average Bonchev–Trinajstić information content (AvgIpc) is 2.39. The van der Waals surface area contributed by atoms with Crippen LogP contribution >= 0.6 is 77.4 Å². The van der Waals surface area contributed by atoms with Gasteiger partial charge in [-0.15, -0.1) is 0 Å². The number of anilines is 2. The summed E-state index contributed by atoms with van der Waals surface area (Å²) in [4.78, 5) is -8.32. The Morgan fingerprint density at radius 1 is 0.609 bits per heavy atom. The normalized spacial score (nSPS) is 26.9. The Kier molecular flexibility index (Phi) is 4.26. The molecular weight excluding hydrogens is 459 g/mol. The van der Waals surface area contributed by atoms with Crippen LogP contribution in [-0.2, 0) is 0 Å². The van der Waals surface area contributed by atoms with E-state index in [1.807, 2.05) is 25.1 Å². The molecule has 0 bridgehead atoms. The zero-order valence-corrected chi connectivity index (χ0v) is 18.1. The van der Waals surface area contributed by atoms with Crippen molar-refractivity contribution in [2.75, 3.05) is 8.88 Å². The van der Waals surface area contributed by atoms with E-state index in [1.165, 1.54) is 8.88 Å². The van der Waals surface area contributed by atoms with Crippen LogP contribution in [0, 0.1) is 6.92 Å². The number of hydrogen-bond acceptors (Lipinski definition) is 2. The fourth-order valence-corrected chi connectivity index (χ4v) is 31.8. The number of aryl methyl sites for hydroxylation is 1. The van der Waals surface area contributed by atoms with Gasteiger partial charge in [0.25, 0.3) is 0 Å². The molecule has 1 saturated heterocycles. The van der Waals surface area contributed by atoms with Crippen LogP contribution in [0.5, 0.6) is 0 Å². The molecule has 1 fully saturated rings. The van der Waals surface area contributed by atoms with Gasteiger partial charge < -0.3 is 0 Å². The molecule has 126 valence electrons. The predicted octanol–water partition coefficient (Wildman–Crippen LogP) is 9.01. The second kappa shape index (κ2) is 5.32. The first kappa shape index (κ1) is 18.4. The molecule has 0 spiro atoms. The zero-order chi connectivity index (χ0) is 17.1. The van der Waals surface area contributed by atoms with Crippen LogP contribution in [0.4, 0.5) is 11.4 Å². The molecule has 10 heteroatoms. The summed E-state index contributed by atoms with van der Waals surface area (Å²) in [5, 5.41) is 0. The van der Waals surface area contributed by atoms with E-state index in [4.69, 9.17) is 67.4 Å². The molecule has 23 heavy (non-hydrogen) atoms. The second-order valence-electron chi connectivity index (χ2n) is 5.22. The van der Waals surface area contributed by atoms with Crippen molar-refractivity contribution in [2.45, 2.75) is 6.92 Å². The van der Waals surface area contributed by atoms with E-state index in [1.54, 1.807) is 36.4 Å². The molecule has 1 heterocycles. The number of rotatable bonds is 2. The van der Waals surface area contributed by atoms with Gasteiger partial charge in [-0.05, 0) is 0 Å². The summed E-state index contributed by atoms with van der Waals surface area (Å²) >= 11 is 40.0. The molecular formula is C13H12Cl6N2P2. The van der Waals surface area contributed by atoms with Crippen molar-refractivity contribution in [3.8, 4) is 0 Å². The Morgan fingerprint density at radius 3 is 1.43 bits per heavy atom. The van der Waals surface area contributed by atoms with Gasteiger partial charge in [-0.3, -0.25) is 0 Å². The summed E-state index contributed by atoms with van der Waals surface area (Å²) in [5.74, 6) is 0. The van der Waals surface area contributed by atoms with Crippen molar-refractivity contribution in [1.29, 1.82) is 0 Å². The Morgan fingerprint density at radius 2 is 1.00 bits per heavy atom. The van der Waals surface area contributed by atoms with Gasteiger partial charge in [0.05, 0.1) is 0 Å². The quantitative estimate of drug-likeness (QED) is 0.404. The van der Waals surface area contributed by atoms with Crippen molar-refractivity contribution < 1.29 is 0 Å². The molecule has 0 radical (unpaired) electrons. The number of nitrogens with zero attached hydrogens (tertiary/aromatic N) is 2. The minimum atomic E-state index is -4.16. The van der Waals surface area contributed by atoms with Gasteiger partial charge in [-0.25, -0.2) is 0 Å². The number of halogens is 6. The molecule has 0 unspecified atom stereocenters. The second-order valence-corrected chi connectivity index (χ2v) is 25.0. The molecule has 0 amide bonds. The summed E-state index contributed by atoms with van der Waals surface area (Å²) in [6.07, 6.45) is 0. The van der Waals surface area contributed by atoms with Crippen molar-refractivity contribution in [3.05, 3.63) is 60.2 Å². The van der Waals surface area contributed by atoms with E-state index in [2.05, 4.69) is 0 Å². The Hall–Kier alpha value is 0.640. The topological polar surface area (TPSA) is 6.48 Å². The molecule has 2 aromatic carbocycles. The molecule has 0 aliphatic carbocycles. The van der Waals surface area contributed by atoms with E-state index < -0.39 is 9.93 Å². The third-order valence-corrected chi connectivity index (χ3v) is 20.2. The van der Waals surface area contributed by atoms with Gasteiger partial charge in [0.2, 0.25) is 0 Å². The molecule has 0 saturated carbocycles. The maximum absolute atomic E-state index is 6.67.